The van der Waals surface area contributed by atoms with Crippen molar-refractivity contribution in [2.45, 2.75) is 78.1 Å². The SMILES string of the molecule is CC(=O)N1CCC(CN(C)c2cc(F)cc(/C=C(\C)[C@H]3OC(=O)C[C@H](O)CC[C@H](C)[C@@H](OC(=O)N4CCN(C)CC4)/C=C\[C@@H]3C)c2)CC1. The summed E-state index contributed by atoms with van der Waals surface area (Å²) in [6.07, 6.45) is 5.84. The summed E-state index contributed by atoms with van der Waals surface area (Å²) in [5.41, 5.74) is 2.11. The maximum atomic E-state index is 14.9. The fourth-order valence-corrected chi connectivity index (χ4v) is 6.80. The normalized spacial score (nSPS) is 27.8. The molecule has 1 aromatic rings. The second-order valence-electron chi connectivity index (χ2n) is 14.2. The molecule has 1 aromatic carbocycles. The molecule has 0 aromatic heterocycles. The Kier molecular flexibility index (Phi) is 13.5. The molecule has 3 aliphatic rings. The molecular weight excluding hydrogens is 615 g/mol. The molecule has 48 heavy (non-hydrogen) atoms. The number of carbonyl (C=O) groups excluding carboxylic acids is 3. The molecule has 3 heterocycles. The molecule has 4 rings (SSSR count). The van der Waals surface area contributed by atoms with E-state index in [9.17, 15) is 23.9 Å². The number of aliphatic hydroxyl groups excluding tert-OH is 1. The molecule has 2 fully saturated rings. The number of likely N-dealkylation sites (N-methyl/N-ethyl adjacent to an activating group) is 1. The van der Waals surface area contributed by atoms with Gasteiger partial charge in [0.05, 0.1) is 12.5 Å². The number of hydrogen-bond acceptors (Lipinski definition) is 8. The molecule has 0 radical (unpaired) electrons. The lowest BCUT2D eigenvalue weighted by Crippen LogP contribution is -2.48. The van der Waals surface area contributed by atoms with Crippen LogP contribution in [0.3, 0.4) is 0 Å². The molecule has 5 atom stereocenters. The molecular formula is C37H55FN4O6. The van der Waals surface area contributed by atoms with Gasteiger partial charge in [0.1, 0.15) is 18.0 Å². The molecule has 10 nitrogen and oxygen atoms in total. The van der Waals surface area contributed by atoms with E-state index in [0.717, 1.165) is 56.8 Å². The van der Waals surface area contributed by atoms with Gasteiger partial charge >= 0.3 is 12.1 Å². The summed E-state index contributed by atoms with van der Waals surface area (Å²) in [6, 6.07) is 4.91. The Hall–Kier alpha value is -3.44. The van der Waals surface area contributed by atoms with Crippen LogP contribution in [0.15, 0.2) is 35.9 Å². The Balaban J connectivity index is 1.51. The zero-order chi connectivity index (χ0) is 35.0. The fourth-order valence-electron chi connectivity index (χ4n) is 6.80. The van der Waals surface area contributed by atoms with E-state index in [1.807, 2.05) is 64.1 Å². The lowest BCUT2D eigenvalue weighted by Gasteiger charge is -2.34. The van der Waals surface area contributed by atoms with Gasteiger partial charge in [-0.25, -0.2) is 9.18 Å². The highest BCUT2D eigenvalue weighted by Gasteiger charge is 2.29. The van der Waals surface area contributed by atoms with Crippen molar-refractivity contribution in [3.63, 3.8) is 0 Å². The number of piperazine rings is 1. The first-order valence-corrected chi connectivity index (χ1v) is 17.4. The summed E-state index contributed by atoms with van der Waals surface area (Å²) >= 11 is 0. The molecule has 1 N–H and O–H groups in total. The summed E-state index contributed by atoms with van der Waals surface area (Å²) in [7, 11) is 3.98. The highest BCUT2D eigenvalue weighted by molar-refractivity contribution is 5.73. The van der Waals surface area contributed by atoms with Gasteiger partial charge in [0.2, 0.25) is 5.91 Å². The Morgan fingerprint density at radius 1 is 1.00 bits per heavy atom. The monoisotopic (exact) mass is 670 g/mol. The molecule has 11 heteroatoms. The Morgan fingerprint density at radius 3 is 2.35 bits per heavy atom. The topological polar surface area (TPSA) is 103 Å². The van der Waals surface area contributed by atoms with Gasteiger partial charge < -0.3 is 34.2 Å². The number of aliphatic hydroxyl groups is 1. The lowest BCUT2D eigenvalue weighted by molar-refractivity contribution is -0.151. The Morgan fingerprint density at radius 2 is 1.69 bits per heavy atom. The van der Waals surface area contributed by atoms with E-state index >= 15 is 0 Å². The van der Waals surface area contributed by atoms with Crippen molar-refractivity contribution in [1.29, 1.82) is 0 Å². The summed E-state index contributed by atoms with van der Waals surface area (Å²) < 4.78 is 26.9. The molecule has 0 unspecified atom stereocenters. The van der Waals surface area contributed by atoms with Crippen LogP contribution >= 0.6 is 0 Å². The molecule has 0 spiro atoms. The van der Waals surface area contributed by atoms with Gasteiger partial charge in [-0.05, 0) is 86.9 Å². The molecule has 0 aliphatic carbocycles. The molecule has 0 saturated carbocycles. The number of piperidine rings is 1. The second kappa shape index (κ2) is 17.3. The first-order chi connectivity index (χ1) is 22.8. The van der Waals surface area contributed by atoms with E-state index in [4.69, 9.17) is 9.47 Å². The van der Waals surface area contributed by atoms with Gasteiger partial charge in [-0.2, -0.15) is 0 Å². The third-order valence-electron chi connectivity index (χ3n) is 10.0. The van der Waals surface area contributed by atoms with Crippen LogP contribution in [0.25, 0.3) is 6.08 Å². The highest BCUT2D eigenvalue weighted by Crippen LogP contribution is 2.28. The van der Waals surface area contributed by atoms with Crippen LogP contribution in [0.5, 0.6) is 0 Å². The lowest BCUT2D eigenvalue weighted by atomic mass is 9.91. The van der Waals surface area contributed by atoms with E-state index in [1.54, 1.807) is 11.8 Å². The smallest absolute Gasteiger partial charge is 0.410 e. The second-order valence-corrected chi connectivity index (χ2v) is 14.2. The van der Waals surface area contributed by atoms with E-state index in [2.05, 4.69) is 9.80 Å². The number of amides is 2. The first kappa shape index (κ1) is 37.4. The van der Waals surface area contributed by atoms with Gasteiger partial charge in [0, 0.05) is 71.4 Å². The van der Waals surface area contributed by atoms with Crippen molar-refractivity contribution in [3.05, 3.63) is 47.3 Å². The van der Waals surface area contributed by atoms with Crippen LogP contribution in [0.4, 0.5) is 14.9 Å². The minimum absolute atomic E-state index is 0.0746. The third-order valence-corrected chi connectivity index (χ3v) is 10.0. The van der Waals surface area contributed by atoms with Crippen molar-refractivity contribution in [2.75, 3.05) is 64.8 Å². The van der Waals surface area contributed by atoms with Gasteiger partial charge in [0.15, 0.2) is 0 Å². The van der Waals surface area contributed by atoms with E-state index in [-0.39, 0.29) is 36.1 Å². The standard InChI is InChI=1S/C37H55FN4O6/c1-25-7-9-33(44)23-35(45)48-36(26(2)8-10-34(25)47-37(46)42-17-15-39(5)16-18-42)27(3)19-30-20-31(38)22-32(21-30)40(6)24-29-11-13-41(14-12-29)28(4)43/h8,10,19-22,25-26,29,33-34,36,44H,7,9,11-18,23-24H2,1-6H3/b10-8-,27-19+/t25-,26-,33+,34-,36-/m0/s1. The molecule has 0 bridgehead atoms. The zero-order valence-corrected chi connectivity index (χ0v) is 29.6. The first-order valence-electron chi connectivity index (χ1n) is 17.4. The number of likely N-dealkylation sites (tertiary alicyclic amines) is 1. The van der Waals surface area contributed by atoms with Gasteiger partial charge in [-0.15, -0.1) is 0 Å². The van der Waals surface area contributed by atoms with E-state index in [0.29, 0.717) is 37.4 Å². The van der Waals surface area contributed by atoms with Crippen molar-refractivity contribution in [1.82, 2.24) is 14.7 Å². The van der Waals surface area contributed by atoms with Crippen LogP contribution in [0.1, 0.15) is 65.4 Å². The molecule has 266 valence electrons. The van der Waals surface area contributed by atoms with Crippen LogP contribution in [-0.4, -0.2) is 116 Å². The number of cyclic esters (lactones) is 1. The average Bonchev–Trinajstić information content (AvgIpc) is 3.03. The number of hydrogen-bond donors (Lipinski definition) is 1. The predicted molar refractivity (Wildman–Crippen MR) is 185 cm³/mol. The number of carbonyl (C=O) groups is 3. The average molecular weight is 671 g/mol. The summed E-state index contributed by atoms with van der Waals surface area (Å²) in [6.45, 7) is 12.4. The van der Waals surface area contributed by atoms with Crippen molar-refractivity contribution in [2.24, 2.45) is 17.8 Å². The maximum absolute atomic E-state index is 14.9. The number of anilines is 1. The predicted octanol–water partition coefficient (Wildman–Crippen LogP) is 4.96. The Bertz CT molecular complexity index is 1320. The van der Waals surface area contributed by atoms with Gasteiger partial charge in [-0.3, -0.25) is 9.59 Å². The number of rotatable bonds is 6. The summed E-state index contributed by atoms with van der Waals surface area (Å²) in [4.78, 5) is 45.6. The highest BCUT2D eigenvalue weighted by atomic mass is 19.1. The van der Waals surface area contributed by atoms with Crippen LogP contribution < -0.4 is 4.90 Å². The van der Waals surface area contributed by atoms with Gasteiger partial charge in [0.25, 0.3) is 0 Å². The zero-order valence-electron chi connectivity index (χ0n) is 29.6. The minimum atomic E-state index is -0.881. The van der Waals surface area contributed by atoms with Crippen LogP contribution in [-0.2, 0) is 19.1 Å². The number of halogens is 1. The van der Waals surface area contributed by atoms with E-state index < -0.39 is 24.3 Å². The minimum Gasteiger partial charge on any atom is -0.457 e. The fraction of sp³-hybridized carbons (Fsp3) is 0.649. The third kappa shape index (κ3) is 10.8. The van der Waals surface area contributed by atoms with Crippen LogP contribution in [0, 0.1) is 23.6 Å². The summed E-state index contributed by atoms with van der Waals surface area (Å²) in [5.74, 6) is -0.728. The largest absolute Gasteiger partial charge is 0.457 e. The molecule has 2 amide bonds. The molecule has 3 aliphatic heterocycles. The van der Waals surface area contributed by atoms with Crippen molar-refractivity contribution >= 4 is 29.7 Å². The number of ether oxygens (including phenoxy) is 2. The quantitative estimate of drug-likeness (QED) is 0.335. The molecule has 2 saturated heterocycles. The number of benzene rings is 1. The van der Waals surface area contributed by atoms with Gasteiger partial charge in [-0.1, -0.05) is 26.0 Å². The van der Waals surface area contributed by atoms with Crippen molar-refractivity contribution in [3.8, 4) is 0 Å². The number of esters is 1. The van der Waals surface area contributed by atoms with Crippen molar-refractivity contribution < 1.29 is 33.4 Å². The maximum Gasteiger partial charge on any atom is 0.410 e. The number of nitrogens with zero attached hydrogens (tertiary/aromatic N) is 4. The van der Waals surface area contributed by atoms with E-state index in [1.165, 1.54) is 12.1 Å². The Labute approximate surface area is 285 Å². The van der Waals surface area contributed by atoms with Crippen LogP contribution in [0.2, 0.25) is 0 Å². The summed E-state index contributed by atoms with van der Waals surface area (Å²) in [5, 5.41) is 10.7.